The molecule has 1 aromatic rings. The van der Waals surface area contributed by atoms with Crippen molar-refractivity contribution < 1.29 is 13.2 Å². The molecule has 1 aromatic heterocycles. The Morgan fingerprint density at radius 2 is 2.24 bits per heavy atom. The number of alkyl halides is 3. The van der Waals surface area contributed by atoms with Crippen LogP contribution in [0.4, 0.5) is 13.2 Å². The van der Waals surface area contributed by atoms with Crippen LogP contribution < -0.4 is 5.32 Å². The van der Waals surface area contributed by atoms with Gasteiger partial charge in [0, 0.05) is 12.2 Å². The van der Waals surface area contributed by atoms with Crippen LogP contribution in [0.15, 0.2) is 12.4 Å². The molecule has 1 aliphatic carbocycles. The van der Waals surface area contributed by atoms with Gasteiger partial charge in [0.2, 0.25) is 0 Å². The van der Waals surface area contributed by atoms with Crippen molar-refractivity contribution in [1.29, 1.82) is 0 Å². The fourth-order valence-corrected chi connectivity index (χ4v) is 1.95. The van der Waals surface area contributed by atoms with Crippen LogP contribution in [-0.2, 0) is 12.7 Å². The van der Waals surface area contributed by atoms with Gasteiger partial charge in [0.1, 0.15) is 0 Å². The zero-order chi connectivity index (χ0) is 12.5. The summed E-state index contributed by atoms with van der Waals surface area (Å²) in [6.45, 7) is 3.34. The summed E-state index contributed by atoms with van der Waals surface area (Å²) in [6.07, 6.45) is -0.0235. The number of hydrogen-bond donors (Lipinski definition) is 1. The fourth-order valence-electron chi connectivity index (χ4n) is 1.95. The number of rotatable bonds is 5. The molecule has 1 fully saturated rings. The molecule has 1 N–H and O–H groups in total. The minimum absolute atomic E-state index is 0.237. The fraction of sp³-hybridized carbons (Fsp3) is 0.727. The number of nitrogens with zero attached hydrogens (tertiary/aromatic N) is 2. The van der Waals surface area contributed by atoms with E-state index in [0.717, 1.165) is 31.8 Å². The highest BCUT2D eigenvalue weighted by molar-refractivity contribution is 5.08. The van der Waals surface area contributed by atoms with Crippen LogP contribution in [0.2, 0.25) is 0 Å². The third kappa shape index (κ3) is 3.21. The summed E-state index contributed by atoms with van der Waals surface area (Å²) in [7, 11) is 0. The lowest BCUT2D eigenvalue weighted by atomic mass is 10.2. The summed E-state index contributed by atoms with van der Waals surface area (Å²) in [4.78, 5) is 0. The van der Waals surface area contributed by atoms with Crippen LogP contribution in [0.5, 0.6) is 0 Å². The third-order valence-electron chi connectivity index (χ3n) is 3.00. The molecule has 1 atom stereocenters. The molecule has 0 bridgehead atoms. The maximum atomic E-state index is 12.4. The molecule has 3 nitrogen and oxygen atoms in total. The van der Waals surface area contributed by atoms with E-state index in [4.69, 9.17) is 0 Å². The first kappa shape index (κ1) is 12.4. The zero-order valence-electron chi connectivity index (χ0n) is 9.67. The summed E-state index contributed by atoms with van der Waals surface area (Å²) in [5.74, 6) is 0.591. The van der Waals surface area contributed by atoms with Gasteiger partial charge in [-0.1, -0.05) is 6.92 Å². The predicted octanol–water partition coefficient (Wildman–Crippen LogP) is 2.29. The molecular formula is C11H16F3N3. The average Bonchev–Trinajstić information content (AvgIpc) is 2.96. The molecule has 1 heterocycles. The molecule has 96 valence electrons. The van der Waals surface area contributed by atoms with Gasteiger partial charge in [-0.25, -0.2) is 0 Å². The van der Waals surface area contributed by atoms with Gasteiger partial charge in [-0.3, -0.25) is 4.68 Å². The first-order valence-electron chi connectivity index (χ1n) is 5.83. The molecule has 0 aliphatic heterocycles. The van der Waals surface area contributed by atoms with E-state index in [1.165, 1.54) is 4.68 Å². The molecule has 1 unspecified atom stereocenters. The Kier molecular flexibility index (Phi) is 3.42. The van der Waals surface area contributed by atoms with Crippen LogP contribution in [0, 0.1) is 5.92 Å². The number of aromatic nitrogens is 2. The van der Waals surface area contributed by atoms with E-state index in [0.29, 0.717) is 12.5 Å². The Morgan fingerprint density at radius 1 is 1.53 bits per heavy atom. The van der Waals surface area contributed by atoms with Gasteiger partial charge < -0.3 is 5.32 Å². The number of nitrogens with one attached hydrogen (secondary N) is 1. The van der Waals surface area contributed by atoms with Gasteiger partial charge in [-0.15, -0.1) is 0 Å². The van der Waals surface area contributed by atoms with E-state index in [9.17, 15) is 13.2 Å². The lowest BCUT2D eigenvalue weighted by Crippen LogP contribution is -2.35. The minimum atomic E-state index is -4.30. The normalized spacial score (nSPS) is 18.4. The first-order valence-corrected chi connectivity index (χ1v) is 5.83. The molecule has 0 spiro atoms. The van der Waals surface area contributed by atoms with Gasteiger partial charge in [-0.05, 0) is 25.3 Å². The van der Waals surface area contributed by atoms with Crippen molar-refractivity contribution >= 4 is 0 Å². The Bertz CT molecular complexity index is 368. The van der Waals surface area contributed by atoms with Gasteiger partial charge >= 0.3 is 6.18 Å². The second kappa shape index (κ2) is 4.68. The van der Waals surface area contributed by atoms with Crippen molar-refractivity contribution in [1.82, 2.24) is 15.1 Å². The highest BCUT2D eigenvalue weighted by Gasteiger charge is 2.34. The topological polar surface area (TPSA) is 29.9 Å². The molecule has 1 aliphatic rings. The van der Waals surface area contributed by atoms with Crippen LogP contribution in [0.1, 0.15) is 25.3 Å². The summed E-state index contributed by atoms with van der Waals surface area (Å²) < 4.78 is 38.5. The smallest absolute Gasteiger partial charge is 0.312 e. The van der Waals surface area contributed by atoms with Crippen LogP contribution in [-0.4, -0.2) is 22.4 Å². The van der Waals surface area contributed by atoms with Crippen molar-refractivity contribution in [2.24, 2.45) is 5.92 Å². The minimum Gasteiger partial charge on any atom is -0.312 e. The number of likely N-dealkylation sites (N-methyl/N-ethyl adjacent to an activating group) is 1. The standard InChI is InChI=1S/C11H16F3N3/c1-2-15-10(8-3-4-8)7-17-6-9(5-16-17)11(12,13)14/h5-6,8,10,15H,2-4,7H2,1H3. The van der Waals surface area contributed by atoms with Gasteiger partial charge in [0.05, 0.1) is 18.3 Å². The SMILES string of the molecule is CCNC(Cn1cc(C(F)(F)F)cn1)C1CC1. The summed E-state index contributed by atoms with van der Waals surface area (Å²) in [5.41, 5.74) is -0.677. The molecule has 0 saturated heterocycles. The molecule has 1 saturated carbocycles. The van der Waals surface area contributed by atoms with Crippen LogP contribution in [0.25, 0.3) is 0 Å². The second-order valence-electron chi connectivity index (χ2n) is 4.45. The van der Waals surface area contributed by atoms with E-state index < -0.39 is 11.7 Å². The Labute approximate surface area is 98.0 Å². The molecule has 0 aromatic carbocycles. The monoisotopic (exact) mass is 247 g/mol. The van der Waals surface area contributed by atoms with Crippen LogP contribution in [0.3, 0.4) is 0 Å². The van der Waals surface area contributed by atoms with E-state index in [1.807, 2.05) is 6.92 Å². The molecule has 6 heteroatoms. The third-order valence-corrected chi connectivity index (χ3v) is 3.00. The van der Waals surface area contributed by atoms with Crippen molar-refractivity contribution in [3.05, 3.63) is 18.0 Å². The maximum Gasteiger partial charge on any atom is 0.419 e. The molecular weight excluding hydrogens is 231 g/mol. The predicted molar refractivity (Wildman–Crippen MR) is 57.4 cm³/mol. The molecule has 2 rings (SSSR count). The Morgan fingerprint density at radius 3 is 2.71 bits per heavy atom. The maximum absolute atomic E-state index is 12.4. The van der Waals surface area contributed by atoms with Crippen molar-refractivity contribution in [3.63, 3.8) is 0 Å². The number of halogens is 3. The van der Waals surface area contributed by atoms with Crippen molar-refractivity contribution in [3.8, 4) is 0 Å². The van der Waals surface area contributed by atoms with Gasteiger partial charge in [0.25, 0.3) is 0 Å². The summed E-state index contributed by atoms with van der Waals surface area (Å²) >= 11 is 0. The molecule has 17 heavy (non-hydrogen) atoms. The van der Waals surface area contributed by atoms with Crippen LogP contribution >= 0.6 is 0 Å². The highest BCUT2D eigenvalue weighted by atomic mass is 19.4. The van der Waals surface area contributed by atoms with E-state index in [1.54, 1.807) is 0 Å². The Hall–Kier alpha value is -1.04. The van der Waals surface area contributed by atoms with Crippen molar-refractivity contribution in [2.75, 3.05) is 6.54 Å². The van der Waals surface area contributed by atoms with Crippen molar-refractivity contribution in [2.45, 2.75) is 38.5 Å². The largest absolute Gasteiger partial charge is 0.419 e. The van der Waals surface area contributed by atoms with E-state index >= 15 is 0 Å². The lowest BCUT2D eigenvalue weighted by molar-refractivity contribution is -0.137. The summed E-state index contributed by atoms with van der Waals surface area (Å²) in [5, 5.41) is 7.07. The zero-order valence-corrected chi connectivity index (χ0v) is 9.67. The molecule has 0 radical (unpaired) electrons. The lowest BCUT2D eigenvalue weighted by Gasteiger charge is -2.16. The van der Waals surface area contributed by atoms with E-state index in [-0.39, 0.29) is 6.04 Å². The van der Waals surface area contributed by atoms with E-state index in [2.05, 4.69) is 10.4 Å². The highest BCUT2D eigenvalue weighted by Crippen LogP contribution is 2.33. The second-order valence-corrected chi connectivity index (χ2v) is 4.45. The number of hydrogen-bond acceptors (Lipinski definition) is 2. The average molecular weight is 247 g/mol. The summed E-state index contributed by atoms with van der Waals surface area (Å²) in [6, 6.07) is 0.237. The first-order chi connectivity index (χ1) is 8.00. The quantitative estimate of drug-likeness (QED) is 0.865. The van der Waals surface area contributed by atoms with Gasteiger partial charge in [0.15, 0.2) is 0 Å². The van der Waals surface area contributed by atoms with Gasteiger partial charge in [-0.2, -0.15) is 18.3 Å². The Balaban J connectivity index is 1.99. The molecule has 0 amide bonds.